The van der Waals surface area contributed by atoms with Crippen molar-refractivity contribution in [2.24, 2.45) is 5.73 Å². The number of aryl methyl sites for hydroxylation is 1. The van der Waals surface area contributed by atoms with Crippen molar-refractivity contribution >= 4 is 33.1 Å². The molecule has 0 amide bonds. The first-order chi connectivity index (χ1) is 8.58. The number of rotatable bonds is 3. The minimum atomic E-state index is 0.332. The largest absolute Gasteiger partial charge is 0.456 e. The minimum Gasteiger partial charge on any atom is -0.456 e. The van der Waals surface area contributed by atoms with Gasteiger partial charge in [-0.05, 0) is 36.8 Å². The molecule has 0 spiro atoms. The fraction of sp³-hybridized carbons (Fsp3) is 0.0714. The molecule has 0 aliphatic carbocycles. The summed E-state index contributed by atoms with van der Waals surface area (Å²) in [4.78, 5) is 0.332. The van der Waals surface area contributed by atoms with Crippen molar-refractivity contribution in [2.45, 2.75) is 6.92 Å². The van der Waals surface area contributed by atoms with Gasteiger partial charge >= 0.3 is 0 Å². The SMILES string of the molecule is Cc1ccc(Br)cc1Oc1ccccc1C(N)=S. The first-order valence-electron chi connectivity index (χ1n) is 5.41. The van der Waals surface area contributed by atoms with Crippen LogP contribution in [0.5, 0.6) is 11.5 Å². The summed E-state index contributed by atoms with van der Waals surface area (Å²) in [5, 5.41) is 0. The second kappa shape index (κ2) is 5.50. The summed E-state index contributed by atoms with van der Waals surface area (Å²) >= 11 is 8.44. The molecule has 0 saturated heterocycles. The fourth-order valence-electron chi connectivity index (χ4n) is 1.56. The highest BCUT2D eigenvalue weighted by Gasteiger charge is 2.08. The van der Waals surface area contributed by atoms with Crippen LogP contribution in [-0.2, 0) is 0 Å². The standard InChI is InChI=1S/C14H12BrNOS/c1-9-6-7-10(15)8-13(9)17-12-5-3-2-4-11(12)14(16)18/h2-8H,1H3,(H2,16,18). The summed E-state index contributed by atoms with van der Waals surface area (Å²) in [6, 6.07) is 13.4. The predicted molar refractivity (Wildman–Crippen MR) is 81.3 cm³/mol. The Kier molecular flexibility index (Phi) is 3.99. The second-order valence-electron chi connectivity index (χ2n) is 3.87. The molecule has 2 aromatic carbocycles. The Bertz CT molecular complexity index is 598. The van der Waals surface area contributed by atoms with E-state index < -0.39 is 0 Å². The molecular weight excluding hydrogens is 310 g/mol. The summed E-state index contributed by atoms with van der Waals surface area (Å²) in [6.07, 6.45) is 0. The lowest BCUT2D eigenvalue weighted by Gasteiger charge is -2.12. The first-order valence-corrected chi connectivity index (χ1v) is 6.61. The van der Waals surface area contributed by atoms with Gasteiger partial charge in [-0.2, -0.15) is 0 Å². The van der Waals surface area contributed by atoms with E-state index in [1.54, 1.807) is 0 Å². The average molecular weight is 322 g/mol. The number of thiocarbonyl (C=S) groups is 1. The molecular formula is C14H12BrNOS. The van der Waals surface area contributed by atoms with E-state index in [9.17, 15) is 0 Å². The van der Waals surface area contributed by atoms with Crippen LogP contribution < -0.4 is 10.5 Å². The highest BCUT2D eigenvalue weighted by molar-refractivity contribution is 9.10. The van der Waals surface area contributed by atoms with Crippen LogP contribution in [0.25, 0.3) is 0 Å². The van der Waals surface area contributed by atoms with Crippen molar-refractivity contribution in [3.8, 4) is 11.5 Å². The van der Waals surface area contributed by atoms with E-state index in [-0.39, 0.29) is 0 Å². The lowest BCUT2D eigenvalue weighted by atomic mass is 10.2. The van der Waals surface area contributed by atoms with Crippen LogP contribution in [0, 0.1) is 6.92 Å². The quantitative estimate of drug-likeness (QED) is 0.861. The third-order valence-corrected chi connectivity index (χ3v) is 3.24. The van der Waals surface area contributed by atoms with Crippen LogP contribution in [0.4, 0.5) is 0 Å². The molecule has 0 fully saturated rings. The topological polar surface area (TPSA) is 35.2 Å². The van der Waals surface area contributed by atoms with Crippen LogP contribution in [0.2, 0.25) is 0 Å². The Hall–Kier alpha value is -1.39. The monoisotopic (exact) mass is 321 g/mol. The van der Waals surface area contributed by atoms with Gasteiger partial charge in [0, 0.05) is 4.47 Å². The van der Waals surface area contributed by atoms with Gasteiger partial charge in [-0.1, -0.05) is 46.3 Å². The van der Waals surface area contributed by atoms with E-state index in [2.05, 4.69) is 15.9 Å². The molecule has 2 N–H and O–H groups in total. The number of benzene rings is 2. The zero-order valence-corrected chi connectivity index (χ0v) is 12.2. The molecule has 2 nitrogen and oxygen atoms in total. The highest BCUT2D eigenvalue weighted by Crippen LogP contribution is 2.30. The smallest absolute Gasteiger partial charge is 0.137 e. The molecule has 0 aliphatic heterocycles. The molecule has 0 unspecified atom stereocenters. The average Bonchev–Trinajstić information content (AvgIpc) is 2.34. The molecule has 0 heterocycles. The molecule has 92 valence electrons. The highest BCUT2D eigenvalue weighted by atomic mass is 79.9. The summed E-state index contributed by atoms with van der Waals surface area (Å²) in [7, 11) is 0. The van der Waals surface area contributed by atoms with Crippen LogP contribution in [0.1, 0.15) is 11.1 Å². The number of para-hydroxylation sites is 1. The van der Waals surface area contributed by atoms with Crippen LogP contribution in [0.15, 0.2) is 46.9 Å². The minimum absolute atomic E-state index is 0.332. The van der Waals surface area contributed by atoms with Gasteiger partial charge < -0.3 is 10.5 Å². The van der Waals surface area contributed by atoms with E-state index >= 15 is 0 Å². The molecule has 2 rings (SSSR count). The summed E-state index contributed by atoms with van der Waals surface area (Å²) in [5.74, 6) is 1.46. The van der Waals surface area contributed by atoms with Gasteiger partial charge in [-0.3, -0.25) is 0 Å². The maximum atomic E-state index is 5.88. The molecule has 2 aromatic rings. The number of ether oxygens (including phenoxy) is 1. The third kappa shape index (κ3) is 2.89. The van der Waals surface area contributed by atoms with Crippen molar-refractivity contribution in [1.82, 2.24) is 0 Å². The van der Waals surface area contributed by atoms with Gasteiger partial charge in [0.25, 0.3) is 0 Å². The van der Waals surface area contributed by atoms with Crippen molar-refractivity contribution in [1.29, 1.82) is 0 Å². The lowest BCUT2D eigenvalue weighted by Crippen LogP contribution is -2.10. The molecule has 18 heavy (non-hydrogen) atoms. The summed E-state index contributed by atoms with van der Waals surface area (Å²) in [6.45, 7) is 1.99. The van der Waals surface area contributed by atoms with Gasteiger partial charge in [0.15, 0.2) is 0 Å². The van der Waals surface area contributed by atoms with Crippen molar-refractivity contribution < 1.29 is 4.74 Å². The molecule has 0 bridgehead atoms. The number of halogens is 1. The molecule has 0 aliphatic rings. The Morgan fingerprint density at radius 1 is 1.17 bits per heavy atom. The first kappa shape index (κ1) is 13.1. The maximum absolute atomic E-state index is 5.88. The fourth-order valence-corrected chi connectivity index (χ4v) is 2.07. The van der Waals surface area contributed by atoms with E-state index in [1.807, 2.05) is 49.4 Å². The Morgan fingerprint density at radius 2 is 1.89 bits per heavy atom. The van der Waals surface area contributed by atoms with Crippen molar-refractivity contribution in [2.75, 3.05) is 0 Å². The summed E-state index contributed by atoms with van der Waals surface area (Å²) < 4.78 is 6.85. The van der Waals surface area contributed by atoms with Gasteiger partial charge in [0.05, 0.1) is 5.56 Å². The lowest BCUT2D eigenvalue weighted by molar-refractivity contribution is 0.477. The van der Waals surface area contributed by atoms with Crippen LogP contribution >= 0.6 is 28.1 Å². The normalized spacial score (nSPS) is 10.1. The number of hydrogen-bond donors (Lipinski definition) is 1. The van der Waals surface area contributed by atoms with Crippen LogP contribution in [0.3, 0.4) is 0 Å². The molecule has 0 radical (unpaired) electrons. The second-order valence-corrected chi connectivity index (χ2v) is 5.23. The zero-order chi connectivity index (χ0) is 13.1. The Balaban J connectivity index is 2.40. The molecule has 0 saturated carbocycles. The third-order valence-electron chi connectivity index (χ3n) is 2.52. The Morgan fingerprint density at radius 3 is 2.61 bits per heavy atom. The van der Waals surface area contributed by atoms with Gasteiger partial charge in [0.2, 0.25) is 0 Å². The molecule has 0 atom stereocenters. The van der Waals surface area contributed by atoms with Gasteiger partial charge in [-0.15, -0.1) is 0 Å². The van der Waals surface area contributed by atoms with Gasteiger partial charge in [0.1, 0.15) is 16.5 Å². The molecule has 4 heteroatoms. The summed E-state index contributed by atoms with van der Waals surface area (Å²) in [5.41, 5.74) is 7.47. The van der Waals surface area contributed by atoms with E-state index in [0.29, 0.717) is 10.7 Å². The Labute approximate surface area is 120 Å². The molecule has 0 aromatic heterocycles. The van der Waals surface area contributed by atoms with E-state index in [1.165, 1.54) is 0 Å². The van der Waals surface area contributed by atoms with Crippen LogP contribution in [-0.4, -0.2) is 4.99 Å². The van der Waals surface area contributed by atoms with E-state index in [4.69, 9.17) is 22.7 Å². The van der Waals surface area contributed by atoms with E-state index in [0.717, 1.165) is 21.3 Å². The van der Waals surface area contributed by atoms with Crippen molar-refractivity contribution in [3.05, 3.63) is 58.1 Å². The number of hydrogen-bond acceptors (Lipinski definition) is 2. The van der Waals surface area contributed by atoms with Crippen molar-refractivity contribution in [3.63, 3.8) is 0 Å². The number of nitrogens with two attached hydrogens (primary N) is 1. The predicted octanol–water partition coefficient (Wildman–Crippen LogP) is 4.18. The zero-order valence-electron chi connectivity index (χ0n) is 9.81. The van der Waals surface area contributed by atoms with Gasteiger partial charge in [-0.25, -0.2) is 0 Å². The maximum Gasteiger partial charge on any atom is 0.137 e.